The van der Waals surface area contributed by atoms with Gasteiger partial charge in [-0.3, -0.25) is 4.79 Å². The summed E-state index contributed by atoms with van der Waals surface area (Å²) in [4.78, 5) is 14.2. The lowest BCUT2D eigenvalue weighted by Gasteiger charge is -2.33. The SMILES string of the molecule is CC.CC1CCC(C(=O)N2CCNCC2)CC1. The summed E-state index contributed by atoms with van der Waals surface area (Å²) in [5, 5.41) is 3.29. The van der Waals surface area contributed by atoms with Crippen LogP contribution in [-0.4, -0.2) is 37.0 Å². The third kappa shape index (κ3) is 4.30. The summed E-state index contributed by atoms with van der Waals surface area (Å²) in [6, 6.07) is 0. The zero-order chi connectivity index (χ0) is 12.7. The van der Waals surface area contributed by atoms with Crippen molar-refractivity contribution in [2.75, 3.05) is 26.2 Å². The third-order valence-electron chi connectivity index (χ3n) is 3.79. The molecule has 1 heterocycles. The summed E-state index contributed by atoms with van der Waals surface area (Å²) >= 11 is 0. The molecule has 1 N–H and O–H groups in total. The van der Waals surface area contributed by atoms with E-state index >= 15 is 0 Å². The van der Waals surface area contributed by atoms with Gasteiger partial charge in [-0.25, -0.2) is 0 Å². The Kier molecular flexibility index (Phi) is 6.56. The Bertz CT molecular complexity index is 216. The van der Waals surface area contributed by atoms with Crippen molar-refractivity contribution in [2.24, 2.45) is 11.8 Å². The maximum absolute atomic E-state index is 12.2. The van der Waals surface area contributed by atoms with Crippen molar-refractivity contribution in [1.29, 1.82) is 0 Å². The molecule has 0 spiro atoms. The largest absolute Gasteiger partial charge is 0.340 e. The van der Waals surface area contributed by atoms with Crippen LogP contribution in [0.2, 0.25) is 0 Å². The van der Waals surface area contributed by atoms with Gasteiger partial charge in [0, 0.05) is 32.1 Å². The summed E-state index contributed by atoms with van der Waals surface area (Å²) in [6.45, 7) is 10.0. The van der Waals surface area contributed by atoms with Gasteiger partial charge in [0.15, 0.2) is 0 Å². The number of piperazine rings is 1. The van der Waals surface area contributed by atoms with Crippen molar-refractivity contribution in [3.8, 4) is 0 Å². The number of hydrogen-bond acceptors (Lipinski definition) is 2. The molecular weight excluding hydrogens is 212 g/mol. The van der Waals surface area contributed by atoms with E-state index in [0.29, 0.717) is 11.8 Å². The van der Waals surface area contributed by atoms with Crippen molar-refractivity contribution in [3.63, 3.8) is 0 Å². The first-order chi connectivity index (χ1) is 8.27. The molecular formula is C14H28N2O. The lowest BCUT2D eigenvalue weighted by Crippen LogP contribution is -2.48. The Balaban J connectivity index is 0.000000686. The van der Waals surface area contributed by atoms with Crippen LogP contribution in [-0.2, 0) is 4.79 Å². The van der Waals surface area contributed by atoms with Gasteiger partial charge >= 0.3 is 0 Å². The van der Waals surface area contributed by atoms with Crippen LogP contribution in [0.3, 0.4) is 0 Å². The van der Waals surface area contributed by atoms with Crippen molar-refractivity contribution in [1.82, 2.24) is 10.2 Å². The van der Waals surface area contributed by atoms with Gasteiger partial charge in [-0.2, -0.15) is 0 Å². The summed E-state index contributed by atoms with van der Waals surface area (Å²) in [5.41, 5.74) is 0. The van der Waals surface area contributed by atoms with Gasteiger partial charge in [-0.15, -0.1) is 0 Å². The van der Waals surface area contributed by atoms with Crippen LogP contribution in [0.15, 0.2) is 0 Å². The molecule has 0 aromatic rings. The number of carbonyl (C=O) groups excluding carboxylic acids is 1. The molecule has 2 fully saturated rings. The van der Waals surface area contributed by atoms with E-state index in [4.69, 9.17) is 0 Å². The first-order valence-electron chi connectivity index (χ1n) is 7.27. The van der Waals surface area contributed by atoms with E-state index in [-0.39, 0.29) is 0 Å². The lowest BCUT2D eigenvalue weighted by atomic mass is 9.82. The molecule has 1 saturated carbocycles. The van der Waals surface area contributed by atoms with Crippen LogP contribution in [0.4, 0.5) is 0 Å². The minimum Gasteiger partial charge on any atom is -0.340 e. The zero-order valence-corrected chi connectivity index (χ0v) is 11.7. The summed E-state index contributed by atoms with van der Waals surface area (Å²) < 4.78 is 0. The number of nitrogens with zero attached hydrogens (tertiary/aromatic N) is 1. The van der Waals surface area contributed by atoms with E-state index in [1.54, 1.807) is 0 Å². The molecule has 3 heteroatoms. The van der Waals surface area contributed by atoms with Gasteiger partial charge in [0.2, 0.25) is 5.91 Å². The number of carbonyl (C=O) groups is 1. The van der Waals surface area contributed by atoms with Gasteiger partial charge in [0.05, 0.1) is 0 Å². The molecule has 1 amide bonds. The minimum atomic E-state index is 0.333. The van der Waals surface area contributed by atoms with Crippen molar-refractivity contribution >= 4 is 5.91 Å². The average molecular weight is 240 g/mol. The van der Waals surface area contributed by atoms with E-state index in [0.717, 1.165) is 44.9 Å². The number of nitrogens with one attached hydrogen (secondary N) is 1. The average Bonchev–Trinajstić information content (AvgIpc) is 2.42. The van der Waals surface area contributed by atoms with Crippen LogP contribution >= 0.6 is 0 Å². The Morgan fingerprint density at radius 1 is 1.06 bits per heavy atom. The van der Waals surface area contributed by atoms with Crippen molar-refractivity contribution in [3.05, 3.63) is 0 Å². The highest BCUT2D eigenvalue weighted by atomic mass is 16.2. The van der Waals surface area contributed by atoms with E-state index in [9.17, 15) is 4.79 Å². The Morgan fingerprint density at radius 2 is 1.59 bits per heavy atom. The number of amides is 1. The molecule has 1 aliphatic heterocycles. The molecule has 3 nitrogen and oxygen atoms in total. The summed E-state index contributed by atoms with van der Waals surface area (Å²) in [6.07, 6.45) is 4.71. The predicted octanol–water partition coefficient (Wildman–Crippen LogP) is 2.27. The standard InChI is InChI=1S/C12H22N2O.C2H6/c1-10-2-4-11(5-3-10)12(15)14-8-6-13-7-9-14;1-2/h10-11,13H,2-9H2,1H3;1-2H3. The molecule has 0 bridgehead atoms. The molecule has 0 aromatic carbocycles. The fourth-order valence-corrected chi connectivity index (χ4v) is 2.65. The van der Waals surface area contributed by atoms with E-state index in [1.165, 1.54) is 12.8 Å². The molecule has 0 aromatic heterocycles. The Hall–Kier alpha value is -0.570. The van der Waals surface area contributed by atoms with Gasteiger partial charge in [0.1, 0.15) is 0 Å². The highest BCUT2D eigenvalue weighted by molar-refractivity contribution is 5.79. The van der Waals surface area contributed by atoms with Gasteiger partial charge in [0.25, 0.3) is 0 Å². The second kappa shape index (κ2) is 7.70. The van der Waals surface area contributed by atoms with Gasteiger partial charge in [-0.1, -0.05) is 20.8 Å². The summed E-state index contributed by atoms with van der Waals surface area (Å²) in [5.74, 6) is 1.58. The topological polar surface area (TPSA) is 32.3 Å². The van der Waals surface area contributed by atoms with Crippen molar-refractivity contribution in [2.45, 2.75) is 46.5 Å². The first-order valence-corrected chi connectivity index (χ1v) is 7.27. The fraction of sp³-hybridized carbons (Fsp3) is 0.929. The lowest BCUT2D eigenvalue weighted by molar-refractivity contribution is -0.137. The van der Waals surface area contributed by atoms with Crippen LogP contribution in [0.1, 0.15) is 46.5 Å². The number of hydrogen-bond donors (Lipinski definition) is 1. The second-order valence-corrected chi connectivity index (χ2v) is 5.03. The van der Waals surface area contributed by atoms with Crippen LogP contribution in [0.25, 0.3) is 0 Å². The molecule has 0 radical (unpaired) electrons. The van der Waals surface area contributed by atoms with Crippen LogP contribution in [0.5, 0.6) is 0 Å². The molecule has 0 atom stereocenters. The Morgan fingerprint density at radius 3 is 2.12 bits per heavy atom. The molecule has 17 heavy (non-hydrogen) atoms. The van der Waals surface area contributed by atoms with Crippen LogP contribution < -0.4 is 5.32 Å². The summed E-state index contributed by atoms with van der Waals surface area (Å²) in [7, 11) is 0. The monoisotopic (exact) mass is 240 g/mol. The molecule has 1 aliphatic carbocycles. The maximum Gasteiger partial charge on any atom is 0.225 e. The number of rotatable bonds is 1. The Labute approximate surface area is 106 Å². The molecule has 2 rings (SSSR count). The van der Waals surface area contributed by atoms with E-state index < -0.39 is 0 Å². The normalized spacial score (nSPS) is 29.2. The highest BCUT2D eigenvalue weighted by Gasteiger charge is 2.28. The predicted molar refractivity (Wildman–Crippen MR) is 71.9 cm³/mol. The molecule has 100 valence electrons. The minimum absolute atomic E-state index is 0.333. The molecule has 0 unspecified atom stereocenters. The first kappa shape index (κ1) is 14.5. The van der Waals surface area contributed by atoms with Gasteiger partial charge < -0.3 is 10.2 Å². The highest BCUT2D eigenvalue weighted by Crippen LogP contribution is 2.29. The zero-order valence-electron chi connectivity index (χ0n) is 11.7. The van der Waals surface area contributed by atoms with E-state index in [1.807, 2.05) is 13.8 Å². The molecule has 1 saturated heterocycles. The fourth-order valence-electron chi connectivity index (χ4n) is 2.65. The van der Waals surface area contributed by atoms with Gasteiger partial charge in [-0.05, 0) is 31.6 Å². The van der Waals surface area contributed by atoms with Crippen LogP contribution in [0, 0.1) is 11.8 Å². The second-order valence-electron chi connectivity index (χ2n) is 5.03. The van der Waals surface area contributed by atoms with E-state index in [2.05, 4.69) is 17.1 Å². The van der Waals surface area contributed by atoms with Crippen molar-refractivity contribution < 1.29 is 4.79 Å². The smallest absolute Gasteiger partial charge is 0.225 e. The third-order valence-corrected chi connectivity index (χ3v) is 3.79. The molecule has 2 aliphatic rings. The quantitative estimate of drug-likeness (QED) is 0.762. The maximum atomic E-state index is 12.2.